The summed E-state index contributed by atoms with van der Waals surface area (Å²) in [4.78, 5) is 26.5. The van der Waals surface area contributed by atoms with Gasteiger partial charge in [-0.05, 0) is 66.7 Å². The van der Waals surface area contributed by atoms with E-state index in [1.807, 2.05) is 26.2 Å². The van der Waals surface area contributed by atoms with Gasteiger partial charge < -0.3 is 9.80 Å². The first-order valence-corrected chi connectivity index (χ1v) is 14.5. The summed E-state index contributed by atoms with van der Waals surface area (Å²) in [6.07, 6.45) is 11.2. The number of hydrogen-bond donors (Lipinski definition) is 0. The summed E-state index contributed by atoms with van der Waals surface area (Å²) in [6.45, 7) is 10.6. The van der Waals surface area contributed by atoms with Crippen molar-refractivity contribution in [3.63, 3.8) is 0 Å². The van der Waals surface area contributed by atoms with Gasteiger partial charge in [-0.2, -0.15) is 0 Å². The van der Waals surface area contributed by atoms with Gasteiger partial charge in [-0.15, -0.1) is 0 Å². The van der Waals surface area contributed by atoms with Gasteiger partial charge in [-0.3, -0.25) is 20.2 Å². The molecule has 2 aromatic rings. The van der Waals surface area contributed by atoms with Crippen molar-refractivity contribution < 1.29 is 9.85 Å². The van der Waals surface area contributed by atoms with Crippen molar-refractivity contribution in [1.82, 2.24) is 0 Å². The van der Waals surface area contributed by atoms with E-state index < -0.39 is 11.0 Å². The van der Waals surface area contributed by atoms with Gasteiger partial charge in [0.25, 0.3) is 11.4 Å². The zero-order chi connectivity index (χ0) is 30.8. The minimum absolute atomic E-state index is 0.0932. The molecule has 8 nitrogen and oxygen atoms in total. The molecule has 220 valence electrons. The number of likely N-dealkylation sites (N-methyl/N-ethyl adjacent to an activating group) is 2. The molecule has 42 heavy (non-hydrogen) atoms. The highest BCUT2D eigenvalue weighted by molar-refractivity contribution is 6.32. The molecule has 0 aromatic heterocycles. The fraction of sp³-hybridized carbons (Fsp3) is 0.394. The van der Waals surface area contributed by atoms with E-state index in [1.165, 1.54) is 0 Å². The van der Waals surface area contributed by atoms with E-state index in [0.717, 1.165) is 63.6 Å². The first-order valence-electron chi connectivity index (χ1n) is 14.2. The van der Waals surface area contributed by atoms with Crippen LogP contribution in [0.5, 0.6) is 0 Å². The third-order valence-corrected chi connectivity index (χ3v) is 10.4. The second kappa shape index (κ2) is 10.1. The Morgan fingerprint density at radius 2 is 1.45 bits per heavy atom. The van der Waals surface area contributed by atoms with E-state index in [0.29, 0.717) is 0 Å². The minimum Gasteiger partial charge on any atom is -0.365 e. The highest BCUT2D eigenvalue weighted by Gasteiger charge is 2.51. The summed E-state index contributed by atoms with van der Waals surface area (Å²) < 4.78 is 0. The average Bonchev–Trinajstić information content (AvgIpc) is 3.22. The lowest BCUT2D eigenvalue weighted by Gasteiger charge is -2.41. The van der Waals surface area contributed by atoms with E-state index >= 15 is 0 Å². The summed E-state index contributed by atoms with van der Waals surface area (Å²) in [5.41, 5.74) is 5.99. The predicted molar refractivity (Wildman–Crippen MR) is 169 cm³/mol. The lowest BCUT2D eigenvalue weighted by molar-refractivity contribution is -0.385. The fourth-order valence-corrected chi connectivity index (χ4v) is 7.10. The van der Waals surface area contributed by atoms with Gasteiger partial charge in [0, 0.05) is 71.3 Å². The Morgan fingerprint density at radius 1 is 0.857 bits per heavy atom. The van der Waals surface area contributed by atoms with Crippen LogP contribution in [0.3, 0.4) is 0 Å². The lowest BCUT2D eigenvalue weighted by atomic mass is 9.71. The van der Waals surface area contributed by atoms with Gasteiger partial charge in [0.2, 0.25) is 0 Å². The van der Waals surface area contributed by atoms with E-state index in [-0.39, 0.29) is 26.6 Å². The Kier molecular flexibility index (Phi) is 7.13. The van der Waals surface area contributed by atoms with Crippen molar-refractivity contribution in [2.45, 2.75) is 70.3 Å². The fourth-order valence-electron chi connectivity index (χ4n) is 6.78. The molecule has 1 aliphatic carbocycles. The zero-order valence-electron chi connectivity index (χ0n) is 25.2. The maximum Gasteiger partial charge on any atom is 0.269 e. The van der Waals surface area contributed by atoms with Crippen LogP contribution >= 0.6 is 11.6 Å². The number of fused-ring (bicyclic) bond motifs is 2. The molecule has 5 rings (SSSR count). The molecule has 0 saturated carbocycles. The van der Waals surface area contributed by atoms with Crippen LogP contribution in [0.4, 0.5) is 22.7 Å². The molecule has 3 aliphatic rings. The average molecular weight is 589 g/mol. The van der Waals surface area contributed by atoms with Crippen molar-refractivity contribution in [1.29, 1.82) is 0 Å². The first kappa shape index (κ1) is 29.6. The molecule has 1 unspecified atom stereocenters. The molecule has 0 saturated heterocycles. The number of nitro groups is 2. The molecule has 1 atom stereocenters. The third kappa shape index (κ3) is 4.44. The number of rotatable bonds is 5. The summed E-state index contributed by atoms with van der Waals surface area (Å²) in [6, 6.07) is 10.1. The van der Waals surface area contributed by atoms with Crippen LogP contribution in [0, 0.1) is 20.2 Å². The monoisotopic (exact) mass is 588 g/mol. The second-order valence-corrected chi connectivity index (χ2v) is 13.1. The SMILES string of the molecule is CN1/C(=C/C=C2\CCCC(/C=C/C3(C)N(C)c4ccc([N+](=O)[O-])cc4C3(C)C)=C2Cl)C(C)(C)c2cc([N+](=O)[O-])ccc21. The number of nitrogens with zero attached hydrogens (tertiary/aromatic N) is 4. The van der Waals surface area contributed by atoms with Crippen LogP contribution in [-0.4, -0.2) is 29.5 Å². The zero-order valence-corrected chi connectivity index (χ0v) is 26.0. The number of nitro benzene ring substituents is 2. The molecule has 9 heteroatoms. The van der Waals surface area contributed by atoms with Crippen LogP contribution in [0.15, 0.2) is 82.6 Å². The van der Waals surface area contributed by atoms with Gasteiger partial charge in [-0.1, -0.05) is 57.5 Å². The maximum absolute atomic E-state index is 11.5. The number of allylic oxidation sites excluding steroid dienone is 7. The van der Waals surface area contributed by atoms with Crippen molar-refractivity contribution in [2.75, 3.05) is 23.9 Å². The van der Waals surface area contributed by atoms with Crippen LogP contribution < -0.4 is 9.80 Å². The highest BCUT2D eigenvalue weighted by Crippen LogP contribution is 2.53. The second-order valence-electron chi connectivity index (χ2n) is 12.7. The topological polar surface area (TPSA) is 92.8 Å². The first-order chi connectivity index (χ1) is 19.6. The van der Waals surface area contributed by atoms with Gasteiger partial charge in [-0.25, -0.2) is 0 Å². The van der Waals surface area contributed by atoms with Crippen LogP contribution in [-0.2, 0) is 10.8 Å². The highest BCUT2D eigenvalue weighted by atomic mass is 35.5. The minimum atomic E-state index is -0.428. The molecule has 0 radical (unpaired) electrons. The summed E-state index contributed by atoms with van der Waals surface area (Å²) in [7, 11) is 4.02. The summed E-state index contributed by atoms with van der Waals surface area (Å²) in [5, 5.41) is 23.6. The quantitative estimate of drug-likeness (QED) is 0.257. The van der Waals surface area contributed by atoms with Gasteiger partial charge in [0.1, 0.15) is 0 Å². The van der Waals surface area contributed by atoms with Crippen molar-refractivity contribution in [3.8, 4) is 0 Å². The van der Waals surface area contributed by atoms with Gasteiger partial charge >= 0.3 is 0 Å². The number of anilines is 2. The van der Waals surface area contributed by atoms with Crippen LogP contribution in [0.25, 0.3) is 0 Å². The Bertz CT molecular complexity index is 1630. The van der Waals surface area contributed by atoms with Crippen molar-refractivity contribution >= 4 is 34.4 Å². The number of benzene rings is 2. The molecule has 2 aliphatic heterocycles. The predicted octanol–water partition coefficient (Wildman–Crippen LogP) is 8.46. The van der Waals surface area contributed by atoms with Crippen molar-refractivity contribution in [3.05, 3.63) is 114 Å². The normalized spacial score (nSPS) is 24.6. The van der Waals surface area contributed by atoms with Gasteiger partial charge in [0.05, 0.1) is 15.4 Å². The molecular weight excluding hydrogens is 552 g/mol. The Hall–Kier alpha value is -3.91. The summed E-state index contributed by atoms with van der Waals surface area (Å²) in [5.74, 6) is 0. The third-order valence-electron chi connectivity index (χ3n) is 9.92. The smallest absolute Gasteiger partial charge is 0.269 e. The molecule has 2 aromatic carbocycles. The number of hydrogen-bond acceptors (Lipinski definition) is 6. The molecule has 2 heterocycles. The Morgan fingerprint density at radius 3 is 2.07 bits per heavy atom. The number of halogens is 1. The van der Waals surface area contributed by atoms with Gasteiger partial charge in [0.15, 0.2) is 0 Å². The standard InChI is InChI=1S/C33H37ClN4O4/c1-31(2)25-19-23(37(39)40)12-14-27(25)35(6)29(31)16-11-21-9-8-10-22(30(21)34)17-18-33(5)32(3,4)26-20-24(38(41)42)13-15-28(26)36(33)7/h11-20H,8-10H2,1-7H3/b18-17+,21-11+,29-16+. The lowest BCUT2D eigenvalue weighted by Crippen LogP contribution is -2.50. The molecule has 0 spiro atoms. The molecule has 0 N–H and O–H groups in total. The molecule has 0 amide bonds. The molecular formula is C33H37ClN4O4. The van der Waals surface area contributed by atoms with E-state index in [1.54, 1.807) is 24.3 Å². The summed E-state index contributed by atoms with van der Waals surface area (Å²) >= 11 is 7.02. The number of non-ortho nitro benzene ring substituents is 2. The maximum atomic E-state index is 11.5. The Balaban J connectivity index is 1.46. The van der Waals surface area contributed by atoms with E-state index in [9.17, 15) is 20.2 Å². The van der Waals surface area contributed by atoms with Crippen LogP contribution in [0.1, 0.15) is 65.0 Å². The van der Waals surface area contributed by atoms with Crippen molar-refractivity contribution in [2.24, 2.45) is 0 Å². The molecule has 0 fully saturated rings. The Labute approximate surface area is 252 Å². The largest absolute Gasteiger partial charge is 0.365 e. The van der Waals surface area contributed by atoms with E-state index in [2.05, 4.69) is 68.7 Å². The van der Waals surface area contributed by atoms with Crippen LogP contribution in [0.2, 0.25) is 0 Å². The molecule has 0 bridgehead atoms. The van der Waals surface area contributed by atoms with E-state index in [4.69, 9.17) is 11.6 Å².